The molecule has 0 bridgehead atoms. The lowest BCUT2D eigenvalue weighted by Gasteiger charge is -2.22. The van der Waals surface area contributed by atoms with Gasteiger partial charge < -0.3 is 4.42 Å². The molecule has 1 aromatic heterocycles. The average molecular weight is 551 g/mol. The average Bonchev–Trinajstić information content (AvgIpc) is 3.42. The highest BCUT2D eigenvalue weighted by Gasteiger charge is 2.31. The normalized spacial score (nSPS) is 14.7. The molecule has 3 aromatic carbocycles. The van der Waals surface area contributed by atoms with Crippen molar-refractivity contribution in [3.63, 3.8) is 0 Å². The molecular formula is C28H18BrCl2NO2. The summed E-state index contributed by atoms with van der Waals surface area (Å²) in [5.41, 5.74) is 4.97. The first-order valence-electron chi connectivity index (χ1n) is 10.6. The maximum absolute atomic E-state index is 13.6. The summed E-state index contributed by atoms with van der Waals surface area (Å²) in [6.45, 7) is 2.02. The number of nitrogens with zero attached hydrogens (tertiary/aromatic N) is 1. The Kier molecular flexibility index (Phi) is 6.22. The van der Waals surface area contributed by atoms with Gasteiger partial charge in [0.05, 0.1) is 21.4 Å². The Labute approximate surface area is 216 Å². The Balaban J connectivity index is 1.55. The number of hydrogen-bond acceptors (Lipinski definition) is 2. The largest absolute Gasteiger partial charge is 0.457 e. The third-order valence-electron chi connectivity index (χ3n) is 5.53. The summed E-state index contributed by atoms with van der Waals surface area (Å²) in [5, 5.41) is 0.938. The van der Waals surface area contributed by atoms with Crippen molar-refractivity contribution in [2.45, 2.75) is 6.92 Å². The molecule has 2 heterocycles. The Bertz CT molecular complexity index is 1470. The number of benzene rings is 3. The van der Waals surface area contributed by atoms with Crippen LogP contribution in [-0.4, -0.2) is 5.91 Å². The fourth-order valence-corrected chi connectivity index (χ4v) is 4.83. The van der Waals surface area contributed by atoms with Gasteiger partial charge in [0.2, 0.25) is 0 Å². The monoisotopic (exact) mass is 549 g/mol. The lowest BCUT2D eigenvalue weighted by Crippen LogP contribution is -2.25. The molecule has 1 amide bonds. The second-order valence-corrected chi connectivity index (χ2v) is 9.59. The molecule has 4 aromatic rings. The van der Waals surface area contributed by atoms with Crippen molar-refractivity contribution in [1.82, 2.24) is 0 Å². The number of carbonyl (C=O) groups excluding carboxylic acids is 1. The van der Waals surface area contributed by atoms with E-state index in [0.29, 0.717) is 27.1 Å². The van der Waals surface area contributed by atoms with Crippen molar-refractivity contribution >= 4 is 62.5 Å². The standard InChI is InChI=1S/C28H18BrCl2NO2/c1-17-7-11-25(22(29)13-17)32-26(18-5-3-2-4-6-18)16-20(28(32)33)14-21-9-12-27(34-21)19-8-10-23(30)24(31)15-19/h2-16H,1H3. The number of furan rings is 1. The van der Waals surface area contributed by atoms with Gasteiger partial charge in [-0.15, -0.1) is 0 Å². The molecule has 168 valence electrons. The van der Waals surface area contributed by atoms with Crippen molar-refractivity contribution in [2.75, 3.05) is 4.90 Å². The van der Waals surface area contributed by atoms with E-state index >= 15 is 0 Å². The van der Waals surface area contributed by atoms with Crippen LogP contribution in [0.3, 0.4) is 0 Å². The van der Waals surface area contributed by atoms with Crippen molar-refractivity contribution < 1.29 is 9.21 Å². The third-order valence-corrected chi connectivity index (χ3v) is 6.90. The minimum atomic E-state index is -0.129. The predicted molar refractivity (Wildman–Crippen MR) is 143 cm³/mol. The number of rotatable bonds is 4. The van der Waals surface area contributed by atoms with Gasteiger partial charge in [0.1, 0.15) is 11.5 Å². The van der Waals surface area contributed by atoms with E-state index in [2.05, 4.69) is 15.9 Å². The second-order valence-electron chi connectivity index (χ2n) is 7.92. The molecule has 5 rings (SSSR count). The number of hydrogen-bond donors (Lipinski definition) is 0. The Hall–Kier alpha value is -3.05. The summed E-state index contributed by atoms with van der Waals surface area (Å²) in [6, 6.07) is 24.8. The first-order chi connectivity index (χ1) is 16.4. The number of anilines is 1. The topological polar surface area (TPSA) is 33.5 Å². The number of carbonyl (C=O) groups is 1. The summed E-state index contributed by atoms with van der Waals surface area (Å²) >= 11 is 15.8. The number of amides is 1. The zero-order valence-electron chi connectivity index (χ0n) is 18.1. The molecule has 0 unspecified atom stereocenters. The van der Waals surface area contributed by atoms with Crippen molar-refractivity contribution in [3.8, 4) is 11.3 Å². The molecule has 6 heteroatoms. The van der Waals surface area contributed by atoms with Gasteiger partial charge in [-0.1, -0.05) is 59.6 Å². The molecule has 0 spiro atoms. The molecule has 0 aliphatic carbocycles. The number of halogens is 3. The smallest absolute Gasteiger partial charge is 0.263 e. The van der Waals surface area contributed by atoms with Crippen LogP contribution < -0.4 is 4.90 Å². The zero-order chi connectivity index (χ0) is 23.8. The van der Waals surface area contributed by atoms with Crippen molar-refractivity contribution in [1.29, 1.82) is 0 Å². The maximum Gasteiger partial charge on any atom is 0.263 e. The minimum absolute atomic E-state index is 0.129. The molecule has 0 N–H and O–H groups in total. The van der Waals surface area contributed by atoms with Crippen LogP contribution in [0.25, 0.3) is 23.1 Å². The van der Waals surface area contributed by atoms with Crippen LogP contribution in [0.1, 0.15) is 16.9 Å². The highest BCUT2D eigenvalue weighted by molar-refractivity contribution is 9.10. The molecule has 0 radical (unpaired) electrons. The van der Waals surface area contributed by atoms with E-state index in [9.17, 15) is 4.79 Å². The van der Waals surface area contributed by atoms with Crippen LogP contribution in [0.4, 0.5) is 5.69 Å². The first kappa shape index (κ1) is 22.7. The first-order valence-corrected chi connectivity index (χ1v) is 12.1. The summed E-state index contributed by atoms with van der Waals surface area (Å²) in [6.07, 6.45) is 3.65. The fraction of sp³-hybridized carbons (Fsp3) is 0.0357. The lowest BCUT2D eigenvalue weighted by atomic mass is 10.1. The van der Waals surface area contributed by atoms with Crippen LogP contribution in [0.15, 0.2) is 99.4 Å². The van der Waals surface area contributed by atoms with Crippen molar-refractivity contribution in [3.05, 3.63) is 122 Å². The maximum atomic E-state index is 13.6. The van der Waals surface area contributed by atoms with Crippen LogP contribution in [0.5, 0.6) is 0 Å². The molecule has 0 saturated heterocycles. The van der Waals surface area contributed by atoms with Gasteiger partial charge in [-0.2, -0.15) is 0 Å². The van der Waals surface area contributed by atoms with E-state index in [1.165, 1.54) is 0 Å². The molecule has 34 heavy (non-hydrogen) atoms. The van der Waals surface area contributed by atoms with Gasteiger partial charge >= 0.3 is 0 Å². The van der Waals surface area contributed by atoms with Crippen LogP contribution >= 0.6 is 39.1 Å². The molecule has 1 aliphatic heterocycles. The van der Waals surface area contributed by atoms with Gasteiger partial charge in [0, 0.05) is 15.6 Å². The van der Waals surface area contributed by atoms with E-state index in [-0.39, 0.29) is 5.91 Å². The van der Waals surface area contributed by atoms with Gasteiger partial charge in [0.15, 0.2) is 0 Å². The van der Waals surface area contributed by atoms with Crippen LogP contribution in [0, 0.1) is 6.92 Å². The van der Waals surface area contributed by atoms with E-state index in [0.717, 1.165) is 32.5 Å². The Morgan fingerprint density at radius 1 is 0.882 bits per heavy atom. The zero-order valence-corrected chi connectivity index (χ0v) is 21.2. The Morgan fingerprint density at radius 3 is 2.41 bits per heavy atom. The van der Waals surface area contributed by atoms with Gasteiger partial charge in [-0.05, 0) is 88.6 Å². The lowest BCUT2D eigenvalue weighted by molar-refractivity contribution is -0.113. The Morgan fingerprint density at radius 2 is 1.68 bits per heavy atom. The summed E-state index contributed by atoms with van der Waals surface area (Å²) in [5.74, 6) is 1.08. The fourth-order valence-electron chi connectivity index (χ4n) is 3.86. The SMILES string of the molecule is Cc1ccc(N2C(=O)C(=Cc3ccc(-c4ccc(Cl)c(Cl)c4)o3)C=C2c2ccccc2)c(Br)c1. The van der Waals surface area contributed by atoms with Gasteiger partial charge in [-0.25, -0.2) is 0 Å². The molecular weight excluding hydrogens is 533 g/mol. The molecule has 3 nitrogen and oxygen atoms in total. The highest BCUT2D eigenvalue weighted by atomic mass is 79.9. The third kappa shape index (κ3) is 4.37. The van der Waals surface area contributed by atoms with Crippen LogP contribution in [-0.2, 0) is 4.79 Å². The number of aryl methyl sites for hydroxylation is 1. The quantitative estimate of drug-likeness (QED) is 0.238. The van der Waals surface area contributed by atoms with E-state index in [1.54, 1.807) is 23.1 Å². The molecule has 0 atom stereocenters. The summed E-state index contributed by atoms with van der Waals surface area (Å²) < 4.78 is 6.86. The summed E-state index contributed by atoms with van der Waals surface area (Å²) in [4.78, 5) is 15.3. The van der Waals surface area contributed by atoms with E-state index in [1.807, 2.05) is 79.7 Å². The highest BCUT2D eigenvalue weighted by Crippen LogP contribution is 2.39. The molecule has 1 aliphatic rings. The predicted octanol–water partition coefficient (Wildman–Crippen LogP) is 8.80. The van der Waals surface area contributed by atoms with Gasteiger partial charge in [-0.3, -0.25) is 9.69 Å². The minimum Gasteiger partial charge on any atom is -0.457 e. The van der Waals surface area contributed by atoms with Crippen LogP contribution in [0.2, 0.25) is 10.0 Å². The van der Waals surface area contributed by atoms with Crippen molar-refractivity contribution in [2.24, 2.45) is 0 Å². The van der Waals surface area contributed by atoms with Gasteiger partial charge in [0.25, 0.3) is 5.91 Å². The van der Waals surface area contributed by atoms with E-state index < -0.39 is 0 Å². The second kappa shape index (κ2) is 9.30. The summed E-state index contributed by atoms with van der Waals surface area (Å²) in [7, 11) is 0. The molecule has 0 fully saturated rings. The molecule has 0 saturated carbocycles. The van der Waals surface area contributed by atoms with E-state index in [4.69, 9.17) is 27.6 Å².